The highest BCUT2D eigenvalue weighted by Gasteiger charge is 2.19. The molecule has 20 heavy (non-hydrogen) atoms. The summed E-state index contributed by atoms with van der Waals surface area (Å²) in [7, 11) is 0. The molecule has 0 aliphatic carbocycles. The lowest BCUT2D eigenvalue weighted by Crippen LogP contribution is -2.35. The lowest BCUT2D eigenvalue weighted by molar-refractivity contribution is -0.111. The van der Waals surface area contributed by atoms with Gasteiger partial charge in [-0.25, -0.2) is 0 Å². The predicted octanol–water partition coefficient (Wildman–Crippen LogP) is 3.09. The molecule has 2 amide bonds. The molecule has 5 heteroatoms. The molecule has 2 rings (SSSR count). The molecule has 0 spiro atoms. The van der Waals surface area contributed by atoms with Crippen LogP contribution in [0.1, 0.15) is 29.6 Å². The minimum absolute atomic E-state index is 0.0181. The number of likely N-dealkylation sites (tertiary alicyclic amines) is 1. The maximum atomic E-state index is 12.4. The van der Waals surface area contributed by atoms with Crippen LogP contribution in [0.2, 0.25) is 5.02 Å². The van der Waals surface area contributed by atoms with Crippen LogP contribution in [-0.4, -0.2) is 29.8 Å². The van der Waals surface area contributed by atoms with Crippen molar-refractivity contribution in [3.63, 3.8) is 0 Å². The maximum Gasteiger partial charge on any atom is 0.253 e. The zero-order chi connectivity index (χ0) is 14.5. The van der Waals surface area contributed by atoms with Crippen LogP contribution in [0.4, 0.5) is 5.69 Å². The van der Waals surface area contributed by atoms with Gasteiger partial charge in [0, 0.05) is 18.7 Å². The minimum atomic E-state index is -0.352. The fourth-order valence-corrected chi connectivity index (χ4v) is 2.38. The predicted molar refractivity (Wildman–Crippen MR) is 80.0 cm³/mol. The van der Waals surface area contributed by atoms with Crippen molar-refractivity contribution in [3.8, 4) is 0 Å². The number of amides is 2. The van der Waals surface area contributed by atoms with E-state index in [4.69, 9.17) is 11.6 Å². The molecule has 1 fully saturated rings. The van der Waals surface area contributed by atoms with E-state index in [0.29, 0.717) is 16.3 Å². The Hall–Kier alpha value is -1.81. The van der Waals surface area contributed by atoms with Crippen LogP contribution in [-0.2, 0) is 4.79 Å². The average Bonchev–Trinajstić information content (AvgIpc) is 2.49. The number of piperidine rings is 1. The molecule has 0 unspecified atom stereocenters. The first-order valence-electron chi connectivity index (χ1n) is 6.64. The van der Waals surface area contributed by atoms with Crippen molar-refractivity contribution in [2.45, 2.75) is 19.3 Å². The molecular formula is C15H17ClN2O2. The Labute approximate surface area is 123 Å². The third kappa shape index (κ3) is 3.39. The number of hydrogen-bond acceptors (Lipinski definition) is 2. The van der Waals surface area contributed by atoms with E-state index in [1.165, 1.54) is 6.42 Å². The third-order valence-corrected chi connectivity index (χ3v) is 3.63. The first-order chi connectivity index (χ1) is 9.61. The smallest absolute Gasteiger partial charge is 0.253 e. The summed E-state index contributed by atoms with van der Waals surface area (Å²) >= 11 is 6.01. The molecule has 1 saturated heterocycles. The Kier molecular flexibility index (Phi) is 4.79. The number of rotatable bonds is 3. The van der Waals surface area contributed by atoms with E-state index in [1.807, 2.05) is 4.90 Å². The molecule has 1 aliphatic rings. The van der Waals surface area contributed by atoms with Crippen molar-refractivity contribution in [1.29, 1.82) is 0 Å². The van der Waals surface area contributed by atoms with Crippen LogP contribution in [0.5, 0.6) is 0 Å². The number of carbonyl (C=O) groups is 2. The van der Waals surface area contributed by atoms with Crippen molar-refractivity contribution in [2.75, 3.05) is 18.4 Å². The van der Waals surface area contributed by atoms with Crippen molar-refractivity contribution in [3.05, 3.63) is 41.4 Å². The van der Waals surface area contributed by atoms with Gasteiger partial charge in [-0.1, -0.05) is 18.2 Å². The van der Waals surface area contributed by atoms with Crippen LogP contribution >= 0.6 is 11.6 Å². The molecule has 106 valence electrons. The lowest BCUT2D eigenvalue weighted by Gasteiger charge is -2.27. The Morgan fingerprint density at radius 2 is 1.95 bits per heavy atom. The monoisotopic (exact) mass is 292 g/mol. The summed E-state index contributed by atoms with van der Waals surface area (Å²) in [5, 5.41) is 3.00. The summed E-state index contributed by atoms with van der Waals surface area (Å²) in [5.74, 6) is -0.370. The Bertz CT molecular complexity index is 537. The van der Waals surface area contributed by atoms with Crippen LogP contribution < -0.4 is 5.32 Å². The van der Waals surface area contributed by atoms with Gasteiger partial charge in [-0.3, -0.25) is 9.59 Å². The second-order valence-electron chi connectivity index (χ2n) is 4.74. The standard InChI is InChI=1S/C15H17ClN2O2/c1-2-14(19)17-13-10-11(6-7-12(13)16)15(20)18-8-4-3-5-9-18/h2,6-7,10H,1,3-5,8-9H2,(H,17,19). The summed E-state index contributed by atoms with van der Waals surface area (Å²) in [6, 6.07) is 4.92. The van der Waals surface area contributed by atoms with E-state index >= 15 is 0 Å². The largest absolute Gasteiger partial charge is 0.339 e. The lowest BCUT2D eigenvalue weighted by atomic mass is 10.1. The maximum absolute atomic E-state index is 12.4. The van der Waals surface area contributed by atoms with Crippen molar-refractivity contribution >= 4 is 29.1 Å². The average molecular weight is 293 g/mol. The summed E-state index contributed by atoms with van der Waals surface area (Å²) in [4.78, 5) is 25.5. The second-order valence-corrected chi connectivity index (χ2v) is 5.15. The Balaban J connectivity index is 2.19. The van der Waals surface area contributed by atoms with Gasteiger partial charge in [-0.15, -0.1) is 0 Å². The molecule has 0 bridgehead atoms. The fourth-order valence-electron chi connectivity index (χ4n) is 2.22. The molecule has 4 nitrogen and oxygen atoms in total. The second kappa shape index (κ2) is 6.57. The van der Waals surface area contributed by atoms with Crippen molar-refractivity contribution < 1.29 is 9.59 Å². The van der Waals surface area contributed by atoms with Gasteiger partial charge in [0.2, 0.25) is 5.91 Å². The van der Waals surface area contributed by atoms with Gasteiger partial charge in [-0.05, 0) is 43.5 Å². The van der Waals surface area contributed by atoms with E-state index in [2.05, 4.69) is 11.9 Å². The number of nitrogens with one attached hydrogen (secondary N) is 1. The molecule has 1 aliphatic heterocycles. The molecule has 0 radical (unpaired) electrons. The molecule has 0 saturated carbocycles. The van der Waals surface area contributed by atoms with Gasteiger partial charge in [-0.2, -0.15) is 0 Å². The highest BCUT2D eigenvalue weighted by molar-refractivity contribution is 6.34. The number of benzene rings is 1. The van der Waals surface area contributed by atoms with Gasteiger partial charge in [0.1, 0.15) is 0 Å². The third-order valence-electron chi connectivity index (χ3n) is 3.30. The molecule has 1 N–H and O–H groups in total. The number of halogens is 1. The number of carbonyl (C=O) groups excluding carboxylic acids is 2. The topological polar surface area (TPSA) is 49.4 Å². The summed E-state index contributed by atoms with van der Waals surface area (Å²) in [5.41, 5.74) is 0.968. The molecule has 1 aromatic carbocycles. The molecule has 0 aromatic heterocycles. The summed E-state index contributed by atoms with van der Waals surface area (Å²) < 4.78 is 0. The first kappa shape index (κ1) is 14.6. The minimum Gasteiger partial charge on any atom is -0.339 e. The number of hydrogen-bond donors (Lipinski definition) is 1. The van der Waals surface area contributed by atoms with Gasteiger partial charge >= 0.3 is 0 Å². The number of nitrogens with zero attached hydrogens (tertiary/aromatic N) is 1. The van der Waals surface area contributed by atoms with Crippen LogP contribution in [0.3, 0.4) is 0 Å². The molecule has 0 atom stereocenters. The van der Waals surface area contributed by atoms with Gasteiger partial charge in [0.15, 0.2) is 0 Å². The van der Waals surface area contributed by atoms with E-state index in [0.717, 1.165) is 32.0 Å². The normalized spacial score (nSPS) is 14.8. The van der Waals surface area contributed by atoms with Gasteiger partial charge < -0.3 is 10.2 Å². The van der Waals surface area contributed by atoms with Crippen molar-refractivity contribution in [2.24, 2.45) is 0 Å². The quantitative estimate of drug-likeness (QED) is 0.870. The SMILES string of the molecule is C=CC(=O)Nc1cc(C(=O)N2CCCCC2)ccc1Cl. The Morgan fingerprint density at radius 3 is 2.60 bits per heavy atom. The molecule has 1 aromatic rings. The van der Waals surface area contributed by atoms with Gasteiger partial charge in [0.05, 0.1) is 10.7 Å². The molecule has 1 heterocycles. The zero-order valence-electron chi connectivity index (χ0n) is 11.2. The van der Waals surface area contributed by atoms with E-state index < -0.39 is 0 Å². The highest BCUT2D eigenvalue weighted by Crippen LogP contribution is 2.24. The summed E-state index contributed by atoms with van der Waals surface area (Å²) in [6.45, 7) is 4.96. The van der Waals surface area contributed by atoms with Crippen LogP contribution in [0.15, 0.2) is 30.9 Å². The Morgan fingerprint density at radius 1 is 1.25 bits per heavy atom. The van der Waals surface area contributed by atoms with Crippen LogP contribution in [0.25, 0.3) is 0 Å². The van der Waals surface area contributed by atoms with E-state index in [1.54, 1.807) is 18.2 Å². The number of anilines is 1. The van der Waals surface area contributed by atoms with Crippen molar-refractivity contribution in [1.82, 2.24) is 4.90 Å². The van der Waals surface area contributed by atoms with E-state index in [-0.39, 0.29) is 11.8 Å². The van der Waals surface area contributed by atoms with Gasteiger partial charge in [0.25, 0.3) is 5.91 Å². The van der Waals surface area contributed by atoms with Crippen LogP contribution in [0, 0.1) is 0 Å². The summed E-state index contributed by atoms with van der Waals surface area (Å²) in [6.07, 6.45) is 4.42. The fraction of sp³-hybridized carbons (Fsp3) is 0.333. The highest BCUT2D eigenvalue weighted by atomic mass is 35.5. The molecular weight excluding hydrogens is 276 g/mol. The van der Waals surface area contributed by atoms with E-state index in [9.17, 15) is 9.59 Å². The first-order valence-corrected chi connectivity index (χ1v) is 7.02. The zero-order valence-corrected chi connectivity index (χ0v) is 11.9.